The van der Waals surface area contributed by atoms with Gasteiger partial charge in [-0.15, -0.1) is 0 Å². The highest BCUT2D eigenvalue weighted by atomic mass is 35.5. The van der Waals surface area contributed by atoms with Crippen LogP contribution in [0.3, 0.4) is 0 Å². The number of rotatable bonds is 5. The molecule has 3 aromatic carbocycles. The molecule has 5 rings (SSSR count). The molecule has 7 heteroatoms. The fraction of sp³-hybridized carbons (Fsp3) is 0.207. The SMILES string of the molecule is O=C(O)CCC(=O)N1c2ccccc2NC2=C(C(=O)CC(c3ccccc3)C2)C1c1ccc(Cl)cc1. The molecule has 1 amide bonds. The second kappa shape index (κ2) is 9.99. The maximum atomic E-state index is 13.8. The highest BCUT2D eigenvalue weighted by Crippen LogP contribution is 2.47. The smallest absolute Gasteiger partial charge is 0.303 e. The van der Waals surface area contributed by atoms with Crippen molar-refractivity contribution in [2.24, 2.45) is 0 Å². The lowest BCUT2D eigenvalue weighted by Crippen LogP contribution is -2.38. The number of amides is 1. The van der Waals surface area contributed by atoms with Crippen LogP contribution in [0.2, 0.25) is 5.02 Å². The van der Waals surface area contributed by atoms with Gasteiger partial charge in [0.25, 0.3) is 0 Å². The Bertz CT molecular complexity index is 1350. The molecule has 182 valence electrons. The first-order chi connectivity index (χ1) is 17.4. The van der Waals surface area contributed by atoms with Crippen LogP contribution in [0.4, 0.5) is 11.4 Å². The van der Waals surface area contributed by atoms with Gasteiger partial charge in [0.05, 0.1) is 23.8 Å². The Balaban J connectivity index is 1.68. The molecule has 0 saturated carbocycles. The molecule has 3 aromatic rings. The molecular formula is C29H25ClN2O4. The van der Waals surface area contributed by atoms with Crippen LogP contribution < -0.4 is 10.2 Å². The van der Waals surface area contributed by atoms with E-state index in [9.17, 15) is 19.5 Å². The summed E-state index contributed by atoms with van der Waals surface area (Å²) in [7, 11) is 0. The Kier molecular flexibility index (Phi) is 6.61. The number of anilines is 2. The van der Waals surface area contributed by atoms with Gasteiger partial charge in [0, 0.05) is 29.1 Å². The van der Waals surface area contributed by atoms with E-state index in [1.807, 2.05) is 66.7 Å². The van der Waals surface area contributed by atoms with Crippen LogP contribution in [0.25, 0.3) is 0 Å². The van der Waals surface area contributed by atoms with Crippen LogP contribution >= 0.6 is 11.6 Å². The Morgan fingerprint density at radius 2 is 1.58 bits per heavy atom. The van der Waals surface area contributed by atoms with Crippen molar-refractivity contribution in [1.29, 1.82) is 0 Å². The van der Waals surface area contributed by atoms with E-state index in [4.69, 9.17) is 11.6 Å². The standard InChI is InChI=1S/C29H25ClN2O4/c30-21-12-10-19(11-13-21)29-28-23(16-20(17-25(28)33)18-6-2-1-3-7-18)31-22-8-4-5-9-24(22)32(29)26(34)14-15-27(35)36/h1-13,20,29,31H,14-17H2,(H,35,36). The number of ketones is 1. The van der Waals surface area contributed by atoms with E-state index in [0.717, 1.165) is 16.8 Å². The number of carbonyl (C=O) groups excluding carboxylic acids is 2. The Morgan fingerprint density at radius 3 is 2.31 bits per heavy atom. The summed E-state index contributed by atoms with van der Waals surface area (Å²) in [4.78, 5) is 40.3. The van der Waals surface area contributed by atoms with Crippen molar-refractivity contribution in [2.75, 3.05) is 10.2 Å². The summed E-state index contributed by atoms with van der Waals surface area (Å²) in [6.45, 7) is 0. The molecule has 2 N–H and O–H groups in total. The largest absolute Gasteiger partial charge is 0.481 e. The molecule has 0 bridgehead atoms. The van der Waals surface area contributed by atoms with Crippen LogP contribution in [0.15, 0.2) is 90.1 Å². The second-order valence-corrected chi connectivity index (χ2v) is 9.52. The molecule has 0 aromatic heterocycles. The number of nitrogens with one attached hydrogen (secondary N) is 1. The Hall–Kier alpha value is -3.90. The summed E-state index contributed by atoms with van der Waals surface area (Å²) >= 11 is 6.16. The van der Waals surface area contributed by atoms with Crippen LogP contribution in [0.5, 0.6) is 0 Å². The van der Waals surface area contributed by atoms with Gasteiger partial charge in [-0.25, -0.2) is 0 Å². The molecule has 0 fully saturated rings. The summed E-state index contributed by atoms with van der Waals surface area (Å²) in [5.41, 5.74) is 4.44. The average Bonchev–Trinajstić information content (AvgIpc) is 3.03. The molecular weight excluding hydrogens is 476 g/mol. The number of hydrogen-bond donors (Lipinski definition) is 2. The van der Waals surface area contributed by atoms with E-state index in [1.54, 1.807) is 17.0 Å². The zero-order valence-corrected chi connectivity index (χ0v) is 20.2. The van der Waals surface area contributed by atoms with Gasteiger partial charge >= 0.3 is 5.97 Å². The number of hydrogen-bond acceptors (Lipinski definition) is 4. The van der Waals surface area contributed by atoms with E-state index < -0.39 is 12.0 Å². The van der Waals surface area contributed by atoms with E-state index in [-0.39, 0.29) is 30.4 Å². The van der Waals surface area contributed by atoms with E-state index >= 15 is 0 Å². The predicted molar refractivity (Wildman–Crippen MR) is 139 cm³/mol. The van der Waals surface area contributed by atoms with Gasteiger partial charge in [-0.2, -0.15) is 0 Å². The summed E-state index contributed by atoms with van der Waals surface area (Å²) in [6, 6.07) is 23.8. The molecule has 1 heterocycles. The molecule has 36 heavy (non-hydrogen) atoms. The van der Waals surface area contributed by atoms with Crippen LogP contribution in [-0.2, 0) is 14.4 Å². The molecule has 2 unspecified atom stereocenters. The number of para-hydroxylation sites is 2. The number of halogens is 1. The molecule has 0 radical (unpaired) electrons. The summed E-state index contributed by atoms with van der Waals surface area (Å²) in [6.07, 6.45) is 0.453. The lowest BCUT2D eigenvalue weighted by molar-refractivity contribution is -0.138. The molecule has 0 saturated heterocycles. The van der Waals surface area contributed by atoms with Gasteiger partial charge in [-0.1, -0.05) is 66.2 Å². The van der Waals surface area contributed by atoms with E-state index in [2.05, 4.69) is 5.32 Å². The number of aliphatic carboxylic acids is 1. The van der Waals surface area contributed by atoms with Crippen LogP contribution in [0.1, 0.15) is 48.8 Å². The molecule has 6 nitrogen and oxygen atoms in total. The Morgan fingerprint density at radius 1 is 0.889 bits per heavy atom. The fourth-order valence-electron chi connectivity index (χ4n) is 5.12. The minimum absolute atomic E-state index is 0.0113. The summed E-state index contributed by atoms with van der Waals surface area (Å²) in [5.74, 6) is -1.44. The van der Waals surface area contributed by atoms with Crippen molar-refractivity contribution < 1.29 is 19.5 Å². The Labute approximate surface area is 214 Å². The minimum Gasteiger partial charge on any atom is -0.481 e. The fourth-order valence-corrected chi connectivity index (χ4v) is 5.25. The number of carboxylic acid groups (broad SMARTS) is 1. The third kappa shape index (κ3) is 4.64. The second-order valence-electron chi connectivity index (χ2n) is 9.08. The number of benzene rings is 3. The highest BCUT2D eigenvalue weighted by molar-refractivity contribution is 6.30. The van der Waals surface area contributed by atoms with Crippen molar-refractivity contribution >= 4 is 40.6 Å². The first-order valence-corrected chi connectivity index (χ1v) is 12.3. The van der Waals surface area contributed by atoms with E-state index in [1.165, 1.54) is 0 Å². The van der Waals surface area contributed by atoms with Gasteiger partial charge in [0.1, 0.15) is 0 Å². The molecule has 2 atom stereocenters. The van der Waals surface area contributed by atoms with Gasteiger partial charge in [0.2, 0.25) is 5.91 Å². The third-order valence-corrected chi connectivity index (χ3v) is 7.02. The summed E-state index contributed by atoms with van der Waals surface area (Å²) < 4.78 is 0. The van der Waals surface area contributed by atoms with E-state index in [0.29, 0.717) is 34.8 Å². The maximum Gasteiger partial charge on any atom is 0.303 e. The summed E-state index contributed by atoms with van der Waals surface area (Å²) in [5, 5.41) is 13.3. The predicted octanol–water partition coefficient (Wildman–Crippen LogP) is 6.11. The number of fused-ring (bicyclic) bond motifs is 1. The first-order valence-electron chi connectivity index (χ1n) is 11.9. The van der Waals surface area contributed by atoms with Crippen molar-refractivity contribution in [3.63, 3.8) is 0 Å². The molecule has 0 spiro atoms. The normalized spacial score (nSPS) is 19.1. The highest BCUT2D eigenvalue weighted by Gasteiger charge is 2.41. The minimum atomic E-state index is -1.05. The first kappa shape index (κ1) is 23.8. The van der Waals surface area contributed by atoms with Gasteiger partial charge in [-0.05, 0) is 47.7 Å². The van der Waals surface area contributed by atoms with Crippen molar-refractivity contribution in [2.45, 2.75) is 37.6 Å². The number of carboxylic acids is 1. The molecule has 2 aliphatic rings. The van der Waals surface area contributed by atoms with Crippen molar-refractivity contribution in [3.8, 4) is 0 Å². The topological polar surface area (TPSA) is 86.7 Å². The van der Waals surface area contributed by atoms with Crippen molar-refractivity contribution in [3.05, 3.63) is 106 Å². The maximum absolute atomic E-state index is 13.8. The lowest BCUT2D eigenvalue weighted by atomic mass is 9.78. The zero-order chi connectivity index (χ0) is 25.2. The lowest BCUT2D eigenvalue weighted by Gasteiger charge is -2.35. The van der Waals surface area contributed by atoms with Gasteiger partial charge < -0.3 is 10.4 Å². The quantitative estimate of drug-likeness (QED) is 0.441. The molecule has 1 aliphatic heterocycles. The third-order valence-electron chi connectivity index (χ3n) is 6.77. The van der Waals surface area contributed by atoms with Gasteiger partial charge in [-0.3, -0.25) is 19.3 Å². The van der Waals surface area contributed by atoms with Crippen molar-refractivity contribution in [1.82, 2.24) is 0 Å². The number of allylic oxidation sites excluding steroid dienone is 1. The number of nitrogens with zero attached hydrogens (tertiary/aromatic N) is 1. The zero-order valence-electron chi connectivity index (χ0n) is 19.5. The average molecular weight is 501 g/mol. The number of Topliss-reactive ketones (excluding diaryl/α,β-unsaturated/α-hetero) is 1. The monoisotopic (exact) mass is 500 g/mol. The van der Waals surface area contributed by atoms with Crippen LogP contribution in [0, 0.1) is 0 Å². The van der Waals surface area contributed by atoms with Gasteiger partial charge in [0.15, 0.2) is 5.78 Å². The molecule has 1 aliphatic carbocycles. The number of carbonyl (C=O) groups is 3. The van der Waals surface area contributed by atoms with Crippen LogP contribution in [-0.4, -0.2) is 22.8 Å².